The van der Waals surface area contributed by atoms with Crippen LogP contribution in [-0.4, -0.2) is 40.9 Å². The van der Waals surface area contributed by atoms with E-state index in [4.69, 9.17) is 9.15 Å². The number of aliphatic imine (C=N–C) groups is 1. The molecule has 1 amide bonds. The molecule has 2 aromatic carbocycles. The predicted molar refractivity (Wildman–Crippen MR) is 110 cm³/mol. The summed E-state index contributed by atoms with van der Waals surface area (Å²) in [5.41, 5.74) is 1.72. The minimum atomic E-state index is -0.795. The normalized spacial score (nSPS) is 11.6. The maximum absolute atomic E-state index is 12.2. The Morgan fingerprint density at radius 1 is 1.14 bits per heavy atom. The standard InChI is InChI=1S/C22H21N3O4/c1-25(2)14-13-18(23-22(27)28-15-16-9-5-3-6-10-16)19-21(26)29-20(24-19)17-11-7-4-8-12-17/h3-14,26H,15H2,1-2H3/b14-13+,23-18+. The van der Waals surface area contributed by atoms with Crippen molar-refractivity contribution in [1.29, 1.82) is 0 Å². The Kier molecular flexibility index (Phi) is 6.42. The van der Waals surface area contributed by atoms with Crippen LogP contribution < -0.4 is 0 Å². The summed E-state index contributed by atoms with van der Waals surface area (Å²) in [6.45, 7) is 0.0912. The maximum Gasteiger partial charge on any atom is 0.434 e. The van der Waals surface area contributed by atoms with Crippen LogP contribution in [0.3, 0.4) is 0 Å². The quantitative estimate of drug-likeness (QED) is 0.632. The van der Waals surface area contributed by atoms with E-state index < -0.39 is 12.0 Å². The topological polar surface area (TPSA) is 88.2 Å². The third kappa shape index (κ3) is 5.55. The summed E-state index contributed by atoms with van der Waals surface area (Å²) >= 11 is 0. The molecule has 148 valence electrons. The molecule has 0 aliphatic carbocycles. The van der Waals surface area contributed by atoms with E-state index in [2.05, 4.69) is 9.98 Å². The molecule has 1 heterocycles. The highest BCUT2D eigenvalue weighted by Crippen LogP contribution is 2.27. The average Bonchev–Trinajstić information content (AvgIpc) is 3.12. The van der Waals surface area contributed by atoms with Gasteiger partial charge in [-0.3, -0.25) is 0 Å². The Hall–Kier alpha value is -3.87. The summed E-state index contributed by atoms with van der Waals surface area (Å²) in [6.07, 6.45) is 2.44. The van der Waals surface area contributed by atoms with Crippen LogP contribution in [0, 0.1) is 0 Å². The van der Waals surface area contributed by atoms with E-state index >= 15 is 0 Å². The van der Waals surface area contributed by atoms with Gasteiger partial charge in [0.2, 0.25) is 5.89 Å². The fraction of sp³-hybridized carbons (Fsp3) is 0.136. The van der Waals surface area contributed by atoms with E-state index in [0.717, 1.165) is 5.56 Å². The van der Waals surface area contributed by atoms with E-state index in [0.29, 0.717) is 5.56 Å². The number of benzene rings is 2. The van der Waals surface area contributed by atoms with Crippen LogP contribution in [0.15, 0.2) is 82.3 Å². The highest BCUT2D eigenvalue weighted by atomic mass is 16.5. The molecule has 3 aromatic rings. The minimum absolute atomic E-state index is 0.0543. The summed E-state index contributed by atoms with van der Waals surface area (Å²) in [7, 11) is 3.64. The smallest absolute Gasteiger partial charge is 0.434 e. The maximum atomic E-state index is 12.2. The summed E-state index contributed by atoms with van der Waals surface area (Å²) in [4.78, 5) is 22.3. The second kappa shape index (κ2) is 9.36. The first-order valence-electron chi connectivity index (χ1n) is 8.92. The Morgan fingerprint density at radius 3 is 2.45 bits per heavy atom. The molecule has 0 spiro atoms. The number of allylic oxidation sites excluding steroid dienone is 1. The molecule has 3 rings (SSSR count). The lowest BCUT2D eigenvalue weighted by Crippen LogP contribution is -2.08. The minimum Gasteiger partial charge on any atom is -0.479 e. The second-order valence-electron chi connectivity index (χ2n) is 6.36. The van der Waals surface area contributed by atoms with Crippen LogP contribution in [-0.2, 0) is 11.3 Å². The molecule has 7 heteroatoms. The van der Waals surface area contributed by atoms with E-state index in [-0.39, 0.29) is 23.9 Å². The molecular weight excluding hydrogens is 370 g/mol. The average molecular weight is 391 g/mol. The van der Waals surface area contributed by atoms with Crippen molar-refractivity contribution in [3.8, 4) is 17.4 Å². The van der Waals surface area contributed by atoms with Crippen LogP contribution in [0.5, 0.6) is 5.95 Å². The molecule has 1 N–H and O–H groups in total. The van der Waals surface area contributed by atoms with Gasteiger partial charge in [0.15, 0.2) is 5.69 Å². The van der Waals surface area contributed by atoms with Gasteiger partial charge in [-0.05, 0) is 23.8 Å². The van der Waals surface area contributed by atoms with Gasteiger partial charge in [0.1, 0.15) is 12.3 Å². The largest absolute Gasteiger partial charge is 0.479 e. The monoisotopic (exact) mass is 391 g/mol. The Balaban J connectivity index is 1.86. The van der Waals surface area contributed by atoms with Crippen molar-refractivity contribution in [2.75, 3.05) is 14.1 Å². The third-order valence-corrected chi connectivity index (χ3v) is 3.82. The first-order valence-corrected chi connectivity index (χ1v) is 8.92. The fourth-order valence-corrected chi connectivity index (χ4v) is 2.42. The number of carbonyl (C=O) groups excluding carboxylic acids is 1. The van der Waals surface area contributed by atoms with Crippen molar-refractivity contribution in [3.05, 3.63) is 84.2 Å². The molecule has 0 aliphatic heterocycles. The van der Waals surface area contributed by atoms with E-state index in [1.165, 1.54) is 0 Å². The lowest BCUT2D eigenvalue weighted by Gasteiger charge is -2.05. The van der Waals surface area contributed by atoms with Crippen LogP contribution in [0.1, 0.15) is 11.3 Å². The van der Waals surface area contributed by atoms with Gasteiger partial charge in [0.25, 0.3) is 0 Å². The molecule has 0 saturated heterocycles. The molecule has 0 fully saturated rings. The number of carbonyl (C=O) groups is 1. The van der Waals surface area contributed by atoms with E-state index in [1.54, 1.807) is 29.3 Å². The first kappa shape index (κ1) is 19.9. The second-order valence-corrected chi connectivity index (χ2v) is 6.36. The molecular formula is C22H21N3O4. The number of aromatic hydroxyl groups is 1. The number of rotatable bonds is 6. The van der Waals surface area contributed by atoms with Crippen molar-refractivity contribution in [3.63, 3.8) is 0 Å². The van der Waals surface area contributed by atoms with Crippen molar-refractivity contribution in [2.24, 2.45) is 4.99 Å². The van der Waals surface area contributed by atoms with Crippen molar-refractivity contribution in [2.45, 2.75) is 6.61 Å². The molecule has 0 atom stereocenters. The number of hydrogen-bond acceptors (Lipinski definition) is 6. The molecule has 0 aliphatic rings. The number of amides is 1. The van der Waals surface area contributed by atoms with Crippen LogP contribution in [0.2, 0.25) is 0 Å². The summed E-state index contributed by atoms with van der Waals surface area (Å²) in [5, 5.41) is 10.2. The molecule has 0 radical (unpaired) electrons. The number of nitrogens with zero attached hydrogens (tertiary/aromatic N) is 3. The van der Waals surface area contributed by atoms with Gasteiger partial charge in [0.05, 0.1) is 0 Å². The lowest BCUT2D eigenvalue weighted by molar-refractivity contribution is 0.151. The van der Waals surface area contributed by atoms with E-state index in [1.807, 2.05) is 62.6 Å². The number of hydrogen-bond donors (Lipinski definition) is 1. The highest BCUT2D eigenvalue weighted by molar-refractivity contribution is 6.12. The Morgan fingerprint density at radius 2 is 1.79 bits per heavy atom. The van der Waals surface area contributed by atoms with Gasteiger partial charge in [-0.2, -0.15) is 4.99 Å². The molecule has 0 bridgehead atoms. The Labute approximate surface area is 168 Å². The fourth-order valence-electron chi connectivity index (χ4n) is 2.42. The SMILES string of the molecule is CN(C)/C=C/C(=N\C(=O)OCc1ccccc1)c1nc(-c2ccccc2)oc1O. The lowest BCUT2D eigenvalue weighted by atomic mass is 10.2. The zero-order chi connectivity index (χ0) is 20.6. The number of aromatic nitrogens is 1. The molecule has 0 unspecified atom stereocenters. The third-order valence-electron chi connectivity index (χ3n) is 3.82. The summed E-state index contributed by atoms with van der Waals surface area (Å²) < 4.78 is 10.6. The van der Waals surface area contributed by atoms with Gasteiger partial charge < -0.3 is 19.2 Å². The summed E-state index contributed by atoms with van der Waals surface area (Å²) in [5.74, 6) is -0.205. The highest BCUT2D eigenvalue weighted by Gasteiger charge is 2.19. The van der Waals surface area contributed by atoms with Gasteiger partial charge >= 0.3 is 12.0 Å². The van der Waals surface area contributed by atoms with Crippen LogP contribution in [0.4, 0.5) is 4.79 Å². The van der Waals surface area contributed by atoms with Gasteiger partial charge in [-0.25, -0.2) is 9.78 Å². The van der Waals surface area contributed by atoms with Crippen molar-refractivity contribution < 1.29 is 19.1 Å². The van der Waals surface area contributed by atoms with Crippen molar-refractivity contribution in [1.82, 2.24) is 9.88 Å². The van der Waals surface area contributed by atoms with Crippen LogP contribution >= 0.6 is 0 Å². The van der Waals surface area contributed by atoms with Gasteiger partial charge in [-0.15, -0.1) is 0 Å². The molecule has 29 heavy (non-hydrogen) atoms. The predicted octanol–water partition coefficient (Wildman–Crippen LogP) is 4.25. The zero-order valence-corrected chi connectivity index (χ0v) is 16.1. The molecule has 7 nitrogen and oxygen atoms in total. The van der Waals surface area contributed by atoms with Gasteiger partial charge in [0, 0.05) is 25.9 Å². The number of ether oxygens (including phenoxy) is 1. The first-order chi connectivity index (χ1) is 14.0. The number of oxazole rings is 1. The summed E-state index contributed by atoms with van der Waals surface area (Å²) in [6, 6.07) is 18.4. The Bertz CT molecular complexity index is 1010. The van der Waals surface area contributed by atoms with E-state index in [9.17, 15) is 9.90 Å². The zero-order valence-electron chi connectivity index (χ0n) is 16.1. The van der Waals surface area contributed by atoms with Crippen LogP contribution in [0.25, 0.3) is 11.5 Å². The van der Waals surface area contributed by atoms with Gasteiger partial charge in [-0.1, -0.05) is 48.5 Å². The molecule has 0 saturated carbocycles. The molecule has 1 aromatic heterocycles. The van der Waals surface area contributed by atoms with Crippen molar-refractivity contribution >= 4 is 11.8 Å².